The van der Waals surface area contributed by atoms with Crippen LogP contribution in [0.5, 0.6) is 11.5 Å². The van der Waals surface area contributed by atoms with E-state index in [1.807, 2.05) is 19.9 Å². The normalized spacial score (nSPS) is 20.1. The molecule has 0 aliphatic carbocycles. The Morgan fingerprint density at radius 1 is 1.18 bits per heavy atom. The highest BCUT2D eigenvalue weighted by molar-refractivity contribution is 7.22. The summed E-state index contributed by atoms with van der Waals surface area (Å²) in [6.45, 7) is 4.32. The van der Waals surface area contributed by atoms with Gasteiger partial charge in [0, 0.05) is 17.5 Å². The van der Waals surface area contributed by atoms with Crippen molar-refractivity contribution in [3.05, 3.63) is 88.7 Å². The number of carbonyl (C=O) groups is 2. The van der Waals surface area contributed by atoms with E-state index in [0.29, 0.717) is 35.6 Å². The highest BCUT2D eigenvalue weighted by Gasteiger charge is 2.49. The summed E-state index contributed by atoms with van der Waals surface area (Å²) in [5.74, 6) is -1.41. The number of halogens is 1. The van der Waals surface area contributed by atoms with Gasteiger partial charge in [0.05, 0.1) is 22.4 Å². The number of aromatic nitrogens is 1. The first kappa shape index (κ1) is 24.1. The monoisotopic (exact) mass is 530 g/mol. The van der Waals surface area contributed by atoms with Crippen LogP contribution in [0.25, 0.3) is 16.0 Å². The van der Waals surface area contributed by atoms with E-state index in [0.717, 1.165) is 10.3 Å². The van der Waals surface area contributed by atoms with Crippen LogP contribution in [0.4, 0.5) is 9.52 Å². The Bertz CT molecular complexity index is 1650. The van der Waals surface area contributed by atoms with Gasteiger partial charge in [0.2, 0.25) is 0 Å². The number of hydrogen-bond acceptors (Lipinski definition) is 7. The number of Topliss-reactive ketones (excluding diaryl/α,β-unsaturated/α-hetero) is 1. The molecule has 2 aliphatic rings. The largest absolute Gasteiger partial charge is 0.507 e. The van der Waals surface area contributed by atoms with Crippen LogP contribution < -0.4 is 14.4 Å². The maximum absolute atomic E-state index is 15.2. The van der Waals surface area contributed by atoms with Crippen LogP contribution in [0, 0.1) is 5.82 Å². The lowest BCUT2D eigenvalue weighted by molar-refractivity contribution is -0.132. The van der Waals surface area contributed by atoms with E-state index in [2.05, 4.69) is 4.98 Å². The third-order valence-corrected chi connectivity index (χ3v) is 7.70. The number of fused-ring (bicyclic) bond motifs is 2. The molecule has 0 spiro atoms. The van der Waals surface area contributed by atoms with Crippen molar-refractivity contribution in [2.75, 3.05) is 11.5 Å². The molecular weight excluding hydrogens is 507 g/mol. The Morgan fingerprint density at radius 3 is 2.79 bits per heavy atom. The lowest BCUT2D eigenvalue weighted by Gasteiger charge is -2.23. The summed E-state index contributed by atoms with van der Waals surface area (Å²) in [6.07, 6.45) is 0.644. The van der Waals surface area contributed by atoms with E-state index in [1.54, 1.807) is 36.4 Å². The number of ketones is 1. The van der Waals surface area contributed by atoms with Gasteiger partial charge < -0.3 is 14.6 Å². The lowest BCUT2D eigenvalue weighted by Crippen LogP contribution is -2.29. The van der Waals surface area contributed by atoms with E-state index in [4.69, 9.17) is 9.47 Å². The fourth-order valence-corrected chi connectivity index (χ4v) is 6.02. The minimum atomic E-state index is -1.20. The topological polar surface area (TPSA) is 89.0 Å². The second-order valence-corrected chi connectivity index (χ2v) is 10.2. The molecule has 0 bridgehead atoms. The van der Waals surface area contributed by atoms with E-state index < -0.39 is 23.5 Å². The zero-order chi connectivity index (χ0) is 26.6. The van der Waals surface area contributed by atoms with Crippen molar-refractivity contribution < 1.29 is 28.6 Å². The lowest BCUT2D eigenvalue weighted by atomic mass is 9.94. The molecule has 1 saturated heterocycles. The van der Waals surface area contributed by atoms with Crippen molar-refractivity contribution in [3.63, 3.8) is 0 Å². The summed E-state index contributed by atoms with van der Waals surface area (Å²) in [4.78, 5) is 32.7. The van der Waals surface area contributed by atoms with Crippen molar-refractivity contribution >= 4 is 44.1 Å². The van der Waals surface area contributed by atoms with Crippen LogP contribution in [0.1, 0.15) is 36.6 Å². The number of hydrogen-bond donors (Lipinski definition) is 1. The zero-order valence-corrected chi connectivity index (χ0v) is 21.4. The van der Waals surface area contributed by atoms with Gasteiger partial charge in [-0.15, -0.1) is 0 Å². The number of nitrogens with zero attached hydrogens (tertiary/aromatic N) is 2. The predicted octanol–water partition coefficient (Wildman–Crippen LogP) is 5.78. The average Bonchev–Trinajstić information content (AvgIpc) is 3.56. The van der Waals surface area contributed by atoms with Crippen LogP contribution in [0.3, 0.4) is 0 Å². The molecule has 1 N–H and O–H groups in total. The Kier molecular flexibility index (Phi) is 5.87. The number of carbonyl (C=O) groups excluding carboxylic acids is 2. The standard InChI is InChI=1S/C29H23FN2O5S/c1-3-36-18-9-10-21-23(14-18)38-29(31-21)32-25(19-6-4-5-7-20(19)30)24(27(34)28(32)35)26(33)16-8-11-22-17(13-16)12-15(2)37-22/h4-11,13-15,25,33H,3,12H2,1-2H3/b26-24+. The third kappa shape index (κ3) is 3.90. The molecule has 0 radical (unpaired) electrons. The predicted molar refractivity (Wildman–Crippen MR) is 142 cm³/mol. The molecule has 9 heteroatoms. The first-order valence-electron chi connectivity index (χ1n) is 12.2. The summed E-state index contributed by atoms with van der Waals surface area (Å²) in [5.41, 5.74) is 1.73. The van der Waals surface area contributed by atoms with Crippen LogP contribution in [0.2, 0.25) is 0 Å². The molecule has 2 unspecified atom stereocenters. The van der Waals surface area contributed by atoms with Crippen molar-refractivity contribution in [2.45, 2.75) is 32.4 Å². The molecule has 3 aromatic carbocycles. The maximum atomic E-state index is 15.2. The van der Waals surface area contributed by atoms with Crippen molar-refractivity contribution in [2.24, 2.45) is 0 Å². The average molecular weight is 531 g/mol. The van der Waals surface area contributed by atoms with Gasteiger partial charge in [-0.25, -0.2) is 9.37 Å². The number of aliphatic hydroxyl groups excluding tert-OH is 1. The molecule has 6 rings (SSSR count). The number of rotatable bonds is 5. The molecule has 2 aliphatic heterocycles. The number of aliphatic hydroxyl groups is 1. The van der Waals surface area contributed by atoms with Crippen molar-refractivity contribution in [1.29, 1.82) is 0 Å². The number of ether oxygens (including phenoxy) is 2. The first-order chi connectivity index (χ1) is 18.4. The molecule has 2 atom stereocenters. The zero-order valence-electron chi connectivity index (χ0n) is 20.6. The van der Waals surface area contributed by atoms with Crippen LogP contribution in [0.15, 0.2) is 66.2 Å². The molecular formula is C29H23FN2O5S. The minimum Gasteiger partial charge on any atom is -0.507 e. The molecule has 0 saturated carbocycles. The van der Waals surface area contributed by atoms with Crippen LogP contribution >= 0.6 is 11.3 Å². The summed E-state index contributed by atoms with van der Waals surface area (Å²) in [5, 5.41) is 11.6. The van der Waals surface area contributed by atoms with E-state index in [9.17, 15) is 14.7 Å². The fourth-order valence-electron chi connectivity index (χ4n) is 5.00. The van der Waals surface area contributed by atoms with Gasteiger partial charge in [-0.1, -0.05) is 29.5 Å². The van der Waals surface area contributed by atoms with E-state index in [1.165, 1.54) is 34.4 Å². The second-order valence-electron chi connectivity index (χ2n) is 9.20. The Balaban J connectivity index is 1.52. The quantitative estimate of drug-likeness (QED) is 0.200. The fraction of sp³-hybridized carbons (Fsp3) is 0.207. The van der Waals surface area contributed by atoms with Gasteiger partial charge >= 0.3 is 5.91 Å². The Labute approximate surface area is 221 Å². The second kappa shape index (κ2) is 9.25. The summed E-state index contributed by atoms with van der Waals surface area (Å²) >= 11 is 1.19. The first-order valence-corrected chi connectivity index (χ1v) is 13.1. The molecule has 1 fully saturated rings. The van der Waals surface area contributed by atoms with Crippen LogP contribution in [-0.2, 0) is 16.0 Å². The van der Waals surface area contributed by atoms with Gasteiger partial charge in [0.25, 0.3) is 5.78 Å². The Morgan fingerprint density at radius 2 is 2.00 bits per heavy atom. The molecule has 192 valence electrons. The molecule has 3 heterocycles. The SMILES string of the molecule is CCOc1ccc2nc(N3C(=O)C(=O)/C(=C(/O)c4ccc5c(c4)CC(C)O5)C3c3ccccc3F)sc2c1. The van der Waals surface area contributed by atoms with Gasteiger partial charge in [0.1, 0.15) is 35.2 Å². The van der Waals surface area contributed by atoms with Gasteiger partial charge in [0.15, 0.2) is 5.13 Å². The maximum Gasteiger partial charge on any atom is 0.301 e. The van der Waals surface area contributed by atoms with Crippen molar-refractivity contribution in [3.8, 4) is 11.5 Å². The molecule has 38 heavy (non-hydrogen) atoms. The smallest absolute Gasteiger partial charge is 0.301 e. The number of anilines is 1. The summed E-state index contributed by atoms with van der Waals surface area (Å²) in [7, 11) is 0. The van der Waals surface area contributed by atoms with Gasteiger partial charge in [-0.2, -0.15) is 0 Å². The van der Waals surface area contributed by atoms with E-state index in [-0.39, 0.29) is 28.1 Å². The highest BCUT2D eigenvalue weighted by atomic mass is 32.1. The minimum absolute atomic E-state index is 0.00586. The number of thiazole rings is 1. The van der Waals surface area contributed by atoms with Gasteiger partial charge in [-0.3, -0.25) is 14.5 Å². The molecule has 4 aromatic rings. The number of benzene rings is 3. The van der Waals surface area contributed by atoms with E-state index >= 15 is 4.39 Å². The summed E-state index contributed by atoms with van der Waals surface area (Å²) < 4.78 is 27.2. The number of amides is 1. The third-order valence-electron chi connectivity index (χ3n) is 6.68. The Hall–Kier alpha value is -4.24. The summed E-state index contributed by atoms with van der Waals surface area (Å²) in [6, 6.07) is 15.2. The molecule has 7 nitrogen and oxygen atoms in total. The molecule has 1 aromatic heterocycles. The molecule has 1 amide bonds. The van der Waals surface area contributed by atoms with Gasteiger partial charge in [-0.05, 0) is 61.9 Å². The van der Waals surface area contributed by atoms with Crippen molar-refractivity contribution in [1.82, 2.24) is 4.98 Å². The van der Waals surface area contributed by atoms with Crippen LogP contribution in [-0.4, -0.2) is 34.5 Å². The highest BCUT2D eigenvalue weighted by Crippen LogP contribution is 2.45.